The molecule has 1 aromatic carbocycles. The molecule has 0 fully saturated rings. The quantitative estimate of drug-likeness (QED) is 0.845. The fraction of sp³-hybridized carbons (Fsp3) is 0.385. The van der Waals surface area contributed by atoms with Crippen molar-refractivity contribution < 1.29 is 14.3 Å². The highest BCUT2D eigenvalue weighted by molar-refractivity contribution is 7.22. The van der Waals surface area contributed by atoms with E-state index in [4.69, 9.17) is 15.2 Å². The number of amides is 1. The Bertz CT molecular complexity index is 601. The number of carbonyl (C=O) groups is 1. The number of ether oxygens (including phenoxy) is 2. The van der Waals surface area contributed by atoms with E-state index >= 15 is 0 Å². The van der Waals surface area contributed by atoms with E-state index in [0.29, 0.717) is 11.7 Å². The van der Waals surface area contributed by atoms with Crippen LogP contribution < -0.4 is 15.8 Å². The van der Waals surface area contributed by atoms with E-state index < -0.39 is 0 Å². The topological polar surface area (TPSA) is 86.5 Å². The Morgan fingerprint density at radius 1 is 1.48 bits per heavy atom. The van der Waals surface area contributed by atoms with Crippen LogP contribution in [0.4, 0.5) is 5.13 Å². The monoisotopic (exact) mass is 331 g/mol. The predicted octanol–water partition coefficient (Wildman–Crippen LogP) is 2.03. The number of benzene rings is 1. The second kappa shape index (κ2) is 8.14. The number of rotatable bonds is 6. The Kier molecular flexibility index (Phi) is 6.83. The lowest BCUT2D eigenvalue weighted by atomic mass is 10.2. The van der Waals surface area contributed by atoms with Gasteiger partial charge in [-0.1, -0.05) is 11.3 Å². The highest BCUT2D eigenvalue weighted by Crippen LogP contribution is 2.29. The number of halogens is 1. The van der Waals surface area contributed by atoms with Gasteiger partial charge < -0.3 is 20.5 Å². The van der Waals surface area contributed by atoms with Crippen LogP contribution in [0.25, 0.3) is 10.2 Å². The van der Waals surface area contributed by atoms with Gasteiger partial charge in [-0.05, 0) is 18.2 Å². The highest BCUT2D eigenvalue weighted by atomic mass is 35.5. The first kappa shape index (κ1) is 17.6. The molecule has 3 N–H and O–H groups in total. The van der Waals surface area contributed by atoms with Crippen LogP contribution in [0.2, 0.25) is 0 Å². The van der Waals surface area contributed by atoms with E-state index in [1.54, 1.807) is 7.11 Å². The third kappa shape index (κ3) is 4.53. The van der Waals surface area contributed by atoms with Gasteiger partial charge in [0.2, 0.25) is 5.91 Å². The van der Waals surface area contributed by atoms with Gasteiger partial charge in [0.25, 0.3) is 0 Å². The van der Waals surface area contributed by atoms with E-state index in [1.165, 1.54) is 18.4 Å². The Labute approximate surface area is 133 Å². The first-order chi connectivity index (χ1) is 9.66. The number of anilines is 1. The van der Waals surface area contributed by atoms with Crippen molar-refractivity contribution in [3.8, 4) is 5.75 Å². The molecule has 8 heteroatoms. The molecule has 0 radical (unpaired) electrons. The van der Waals surface area contributed by atoms with Crippen molar-refractivity contribution in [2.45, 2.75) is 12.5 Å². The van der Waals surface area contributed by atoms with Crippen LogP contribution in [-0.2, 0) is 9.53 Å². The van der Waals surface area contributed by atoms with Crippen LogP contribution in [0, 0.1) is 0 Å². The molecule has 21 heavy (non-hydrogen) atoms. The molecule has 1 unspecified atom stereocenters. The Balaban J connectivity index is 0.00000220. The molecule has 0 saturated heterocycles. The molecule has 1 amide bonds. The van der Waals surface area contributed by atoms with Crippen LogP contribution in [-0.4, -0.2) is 37.8 Å². The van der Waals surface area contributed by atoms with Crippen LogP contribution in [0.5, 0.6) is 5.75 Å². The van der Waals surface area contributed by atoms with Crippen molar-refractivity contribution in [1.29, 1.82) is 0 Å². The Morgan fingerprint density at radius 2 is 2.24 bits per heavy atom. The number of fused-ring (bicyclic) bond motifs is 1. The maximum Gasteiger partial charge on any atom is 0.228 e. The minimum Gasteiger partial charge on any atom is -0.497 e. The average molecular weight is 332 g/mol. The van der Waals surface area contributed by atoms with E-state index in [9.17, 15) is 4.79 Å². The Hall–Kier alpha value is -1.41. The number of nitrogens with zero attached hydrogens (tertiary/aromatic N) is 1. The van der Waals surface area contributed by atoms with Crippen molar-refractivity contribution in [2.24, 2.45) is 5.73 Å². The number of aromatic nitrogens is 1. The minimum absolute atomic E-state index is 0. The zero-order chi connectivity index (χ0) is 14.5. The van der Waals surface area contributed by atoms with E-state index in [-0.39, 0.29) is 30.8 Å². The van der Waals surface area contributed by atoms with E-state index in [0.717, 1.165) is 16.0 Å². The first-order valence-electron chi connectivity index (χ1n) is 6.13. The molecule has 2 rings (SSSR count). The van der Waals surface area contributed by atoms with Crippen molar-refractivity contribution >= 4 is 45.0 Å². The second-order valence-electron chi connectivity index (χ2n) is 4.20. The van der Waals surface area contributed by atoms with Crippen molar-refractivity contribution in [3.05, 3.63) is 18.2 Å². The van der Waals surface area contributed by atoms with Gasteiger partial charge in [-0.15, -0.1) is 12.4 Å². The van der Waals surface area contributed by atoms with Crippen LogP contribution in [0.15, 0.2) is 18.2 Å². The molecule has 1 atom stereocenters. The van der Waals surface area contributed by atoms with Crippen molar-refractivity contribution in [3.63, 3.8) is 0 Å². The Morgan fingerprint density at radius 3 is 2.86 bits per heavy atom. The average Bonchev–Trinajstić information content (AvgIpc) is 2.85. The fourth-order valence-electron chi connectivity index (χ4n) is 1.73. The summed E-state index contributed by atoms with van der Waals surface area (Å²) in [6.07, 6.45) is -0.0591. The van der Waals surface area contributed by atoms with Crippen molar-refractivity contribution in [2.75, 3.05) is 26.1 Å². The maximum absolute atomic E-state index is 11.8. The van der Waals surface area contributed by atoms with E-state index in [2.05, 4.69) is 10.3 Å². The van der Waals surface area contributed by atoms with Crippen LogP contribution in [0.3, 0.4) is 0 Å². The molecule has 0 aliphatic carbocycles. The third-order valence-electron chi connectivity index (χ3n) is 2.85. The van der Waals surface area contributed by atoms with Crippen LogP contribution >= 0.6 is 23.7 Å². The smallest absolute Gasteiger partial charge is 0.228 e. The second-order valence-corrected chi connectivity index (χ2v) is 5.23. The molecule has 1 heterocycles. The van der Waals surface area contributed by atoms with Gasteiger partial charge in [0.05, 0.1) is 29.9 Å². The van der Waals surface area contributed by atoms with Gasteiger partial charge in [-0.2, -0.15) is 0 Å². The van der Waals surface area contributed by atoms with Gasteiger partial charge in [0.15, 0.2) is 5.13 Å². The predicted molar refractivity (Wildman–Crippen MR) is 86.5 cm³/mol. The maximum atomic E-state index is 11.8. The normalized spacial score (nSPS) is 11.8. The van der Waals surface area contributed by atoms with Gasteiger partial charge in [0, 0.05) is 13.7 Å². The molecule has 1 aromatic heterocycles. The molecule has 6 nitrogen and oxygen atoms in total. The molecule has 2 aromatic rings. The number of methoxy groups -OCH3 is 2. The molecule has 0 aliphatic heterocycles. The molecule has 116 valence electrons. The summed E-state index contributed by atoms with van der Waals surface area (Å²) in [4.78, 5) is 16.2. The molecular weight excluding hydrogens is 314 g/mol. The lowest BCUT2D eigenvalue weighted by Crippen LogP contribution is -2.28. The molecular formula is C13H18ClN3O3S. The summed E-state index contributed by atoms with van der Waals surface area (Å²) < 4.78 is 11.2. The van der Waals surface area contributed by atoms with Gasteiger partial charge in [-0.25, -0.2) is 4.98 Å². The zero-order valence-corrected chi connectivity index (χ0v) is 13.4. The largest absolute Gasteiger partial charge is 0.497 e. The summed E-state index contributed by atoms with van der Waals surface area (Å²) in [7, 11) is 3.15. The first-order valence-corrected chi connectivity index (χ1v) is 6.95. The third-order valence-corrected chi connectivity index (χ3v) is 3.78. The van der Waals surface area contributed by atoms with Gasteiger partial charge in [-0.3, -0.25) is 4.79 Å². The fourth-order valence-corrected chi connectivity index (χ4v) is 2.64. The molecule has 0 aliphatic rings. The number of carbonyl (C=O) groups excluding carboxylic acids is 1. The summed E-state index contributed by atoms with van der Waals surface area (Å²) >= 11 is 1.40. The van der Waals surface area contributed by atoms with Gasteiger partial charge in [0.1, 0.15) is 5.75 Å². The lowest BCUT2D eigenvalue weighted by Gasteiger charge is -2.11. The highest BCUT2D eigenvalue weighted by Gasteiger charge is 2.13. The number of nitrogens with two attached hydrogens (primary N) is 1. The zero-order valence-electron chi connectivity index (χ0n) is 11.8. The number of thiazole rings is 1. The summed E-state index contributed by atoms with van der Waals surface area (Å²) in [5.41, 5.74) is 6.31. The SMILES string of the molecule is COc1ccc2nc(NC(=O)CC(CN)OC)sc2c1.Cl. The summed E-state index contributed by atoms with van der Waals surface area (Å²) in [5.74, 6) is 0.606. The number of nitrogens with one attached hydrogen (secondary N) is 1. The lowest BCUT2D eigenvalue weighted by molar-refractivity contribution is -0.118. The number of hydrogen-bond acceptors (Lipinski definition) is 6. The standard InChI is InChI=1S/C13H17N3O3S.ClH/c1-18-8-3-4-10-11(5-8)20-13(15-10)16-12(17)6-9(7-14)19-2;/h3-5,9H,6-7,14H2,1-2H3,(H,15,16,17);1H. The number of hydrogen-bond donors (Lipinski definition) is 2. The molecule has 0 spiro atoms. The van der Waals surface area contributed by atoms with Gasteiger partial charge >= 0.3 is 0 Å². The minimum atomic E-state index is -0.274. The van der Waals surface area contributed by atoms with E-state index in [1.807, 2.05) is 18.2 Å². The van der Waals surface area contributed by atoms with Crippen LogP contribution in [0.1, 0.15) is 6.42 Å². The molecule has 0 saturated carbocycles. The summed E-state index contributed by atoms with van der Waals surface area (Å²) in [6.45, 7) is 0.307. The molecule has 0 bridgehead atoms. The summed E-state index contributed by atoms with van der Waals surface area (Å²) in [6, 6.07) is 5.59. The summed E-state index contributed by atoms with van der Waals surface area (Å²) in [5, 5.41) is 3.32. The van der Waals surface area contributed by atoms with Crippen molar-refractivity contribution in [1.82, 2.24) is 4.98 Å².